The van der Waals surface area contributed by atoms with E-state index in [9.17, 15) is 4.79 Å². The van der Waals surface area contributed by atoms with Gasteiger partial charge >= 0.3 is 0 Å². The highest BCUT2D eigenvalue weighted by molar-refractivity contribution is 5.87. The van der Waals surface area contributed by atoms with Gasteiger partial charge in [-0.2, -0.15) is 0 Å². The lowest BCUT2D eigenvalue weighted by Gasteiger charge is -2.03. The number of aromatic nitrogens is 1. The van der Waals surface area contributed by atoms with Gasteiger partial charge in [0.2, 0.25) is 5.91 Å². The molecule has 1 heterocycles. The summed E-state index contributed by atoms with van der Waals surface area (Å²) < 4.78 is 0. The summed E-state index contributed by atoms with van der Waals surface area (Å²) in [6.45, 7) is 1.49. The molecule has 0 fully saturated rings. The van der Waals surface area contributed by atoms with E-state index < -0.39 is 0 Å². The number of nitrogens with zero attached hydrogens (tertiary/aromatic N) is 1. The molecule has 0 saturated carbocycles. The van der Waals surface area contributed by atoms with Gasteiger partial charge in [-0.3, -0.25) is 4.79 Å². The average Bonchev–Trinajstić information content (AvgIpc) is 2.49. The smallest absolute Gasteiger partial charge is 0.222 e. The molecule has 1 aliphatic carbocycles. The molecule has 0 bridgehead atoms. The fraction of sp³-hybridized carbons (Fsp3) is 0.400. The number of hydrogen-bond acceptors (Lipinski definition) is 2. The zero-order valence-corrected chi connectivity index (χ0v) is 7.63. The molecular weight excluding hydrogens is 164 g/mol. The number of anilines is 1. The van der Waals surface area contributed by atoms with Crippen molar-refractivity contribution >= 4 is 11.7 Å². The predicted molar refractivity (Wildman–Crippen MR) is 50.6 cm³/mol. The molecule has 13 heavy (non-hydrogen) atoms. The normalized spacial score (nSPS) is 13.9. The minimum Gasteiger partial charge on any atom is -0.311 e. The second kappa shape index (κ2) is 3.17. The predicted octanol–water partition coefficient (Wildman–Crippen LogP) is 1.53. The standard InChI is InChI=1S/C10H12N2O/c1-7(13)11-10-6-5-8-3-2-4-9(8)12-10/h5-6H,2-4H2,1H3,(H,11,12,13). The average molecular weight is 176 g/mol. The molecular formula is C10H12N2O. The topological polar surface area (TPSA) is 42.0 Å². The zero-order chi connectivity index (χ0) is 9.26. The molecule has 1 aromatic heterocycles. The summed E-state index contributed by atoms with van der Waals surface area (Å²) in [5.41, 5.74) is 2.47. The Balaban J connectivity index is 2.25. The molecule has 3 nitrogen and oxygen atoms in total. The van der Waals surface area contributed by atoms with Crippen LogP contribution in [-0.4, -0.2) is 10.9 Å². The number of amides is 1. The summed E-state index contributed by atoms with van der Waals surface area (Å²) in [4.78, 5) is 15.1. The van der Waals surface area contributed by atoms with Gasteiger partial charge in [0.1, 0.15) is 5.82 Å². The van der Waals surface area contributed by atoms with Crippen LogP contribution in [0.1, 0.15) is 24.6 Å². The molecule has 0 aromatic carbocycles. The van der Waals surface area contributed by atoms with Crippen LogP contribution in [0.4, 0.5) is 5.82 Å². The molecule has 0 aliphatic heterocycles. The highest BCUT2D eigenvalue weighted by Gasteiger charge is 2.12. The summed E-state index contributed by atoms with van der Waals surface area (Å²) in [6, 6.07) is 3.92. The number of nitrogens with one attached hydrogen (secondary N) is 1. The van der Waals surface area contributed by atoms with Crippen molar-refractivity contribution in [2.24, 2.45) is 0 Å². The number of hydrogen-bond donors (Lipinski definition) is 1. The molecule has 0 unspecified atom stereocenters. The Hall–Kier alpha value is -1.38. The number of pyridine rings is 1. The minimum absolute atomic E-state index is 0.0644. The molecule has 2 rings (SSSR count). The second-order valence-corrected chi connectivity index (χ2v) is 3.34. The van der Waals surface area contributed by atoms with Gasteiger partial charge in [-0.05, 0) is 30.9 Å². The van der Waals surface area contributed by atoms with Crippen molar-refractivity contribution < 1.29 is 4.79 Å². The minimum atomic E-state index is -0.0644. The Bertz CT molecular complexity index is 347. The number of rotatable bonds is 1. The van der Waals surface area contributed by atoms with E-state index in [1.807, 2.05) is 6.07 Å². The Labute approximate surface area is 77.2 Å². The van der Waals surface area contributed by atoms with Gasteiger partial charge in [-0.25, -0.2) is 4.98 Å². The van der Waals surface area contributed by atoms with E-state index in [-0.39, 0.29) is 5.91 Å². The molecule has 68 valence electrons. The van der Waals surface area contributed by atoms with E-state index in [1.165, 1.54) is 18.9 Å². The highest BCUT2D eigenvalue weighted by Crippen LogP contribution is 2.21. The van der Waals surface area contributed by atoms with Crippen LogP contribution in [0.3, 0.4) is 0 Å². The van der Waals surface area contributed by atoms with Crippen molar-refractivity contribution in [2.45, 2.75) is 26.2 Å². The largest absolute Gasteiger partial charge is 0.311 e. The van der Waals surface area contributed by atoms with E-state index in [4.69, 9.17) is 0 Å². The molecule has 3 heteroatoms. The van der Waals surface area contributed by atoms with Crippen molar-refractivity contribution in [3.05, 3.63) is 23.4 Å². The summed E-state index contributed by atoms with van der Waals surface area (Å²) in [7, 11) is 0. The number of fused-ring (bicyclic) bond motifs is 1. The van der Waals surface area contributed by atoms with Crippen LogP contribution in [0, 0.1) is 0 Å². The van der Waals surface area contributed by atoms with Crippen molar-refractivity contribution in [3.63, 3.8) is 0 Å². The van der Waals surface area contributed by atoms with Gasteiger partial charge in [0.05, 0.1) is 0 Å². The maximum absolute atomic E-state index is 10.8. The van der Waals surface area contributed by atoms with Crippen molar-refractivity contribution in [3.8, 4) is 0 Å². The van der Waals surface area contributed by atoms with E-state index in [2.05, 4.69) is 16.4 Å². The van der Waals surface area contributed by atoms with Crippen LogP contribution in [0.25, 0.3) is 0 Å². The first-order chi connectivity index (χ1) is 6.25. The summed E-state index contributed by atoms with van der Waals surface area (Å²) in [5, 5.41) is 2.68. The van der Waals surface area contributed by atoms with Gasteiger partial charge in [0.15, 0.2) is 0 Å². The number of carbonyl (C=O) groups excluding carboxylic acids is 1. The Morgan fingerprint density at radius 2 is 2.31 bits per heavy atom. The monoisotopic (exact) mass is 176 g/mol. The summed E-state index contributed by atoms with van der Waals surface area (Å²) >= 11 is 0. The quantitative estimate of drug-likeness (QED) is 0.705. The van der Waals surface area contributed by atoms with Gasteiger partial charge < -0.3 is 5.32 Å². The number of aryl methyl sites for hydroxylation is 2. The van der Waals surface area contributed by atoms with Gasteiger partial charge in [-0.1, -0.05) is 6.07 Å². The third kappa shape index (κ3) is 1.69. The Kier molecular flexibility index (Phi) is 2.00. The van der Waals surface area contributed by atoms with Crippen LogP contribution in [0.15, 0.2) is 12.1 Å². The fourth-order valence-corrected chi connectivity index (χ4v) is 1.67. The molecule has 1 aromatic rings. The Morgan fingerprint density at radius 3 is 3.08 bits per heavy atom. The SMILES string of the molecule is CC(=O)Nc1ccc2c(n1)CCC2. The lowest BCUT2D eigenvalue weighted by molar-refractivity contribution is -0.114. The molecule has 0 atom stereocenters. The van der Waals surface area contributed by atoms with Gasteiger partial charge in [0.25, 0.3) is 0 Å². The fourth-order valence-electron chi connectivity index (χ4n) is 1.67. The van der Waals surface area contributed by atoms with Gasteiger partial charge in [-0.15, -0.1) is 0 Å². The molecule has 1 amide bonds. The lowest BCUT2D eigenvalue weighted by atomic mass is 10.2. The maximum Gasteiger partial charge on any atom is 0.222 e. The van der Waals surface area contributed by atoms with Crippen molar-refractivity contribution in [1.82, 2.24) is 4.98 Å². The molecule has 0 saturated heterocycles. The third-order valence-corrected chi connectivity index (χ3v) is 2.23. The van der Waals surface area contributed by atoms with E-state index in [0.717, 1.165) is 18.5 Å². The summed E-state index contributed by atoms with van der Waals surface area (Å²) in [5.74, 6) is 0.610. The first-order valence-corrected chi connectivity index (χ1v) is 4.52. The molecule has 0 spiro atoms. The van der Waals surface area contributed by atoms with E-state index in [0.29, 0.717) is 5.82 Å². The van der Waals surface area contributed by atoms with Crippen LogP contribution in [0.2, 0.25) is 0 Å². The first kappa shape index (κ1) is 8.23. The van der Waals surface area contributed by atoms with E-state index in [1.54, 1.807) is 0 Å². The van der Waals surface area contributed by atoms with Crippen LogP contribution in [0.5, 0.6) is 0 Å². The number of carbonyl (C=O) groups is 1. The summed E-state index contributed by atoms with van der Waals surface area (Å²) in [6.07, 6.45) is 3.36. The van der Waals surface area contributed by atoms with Gasteiger partial charge in [0, 0.05) is 12.6 Å². The molecule has 0 radical (unpaired) electrons. The second-order valence-electron chi connectivity index (χ2n) is 3.34. The molecule has 1 aliphatic rings. The van der Waals surface area contributed by atoms with Crippen LogP contribution >= 0.6 is 0 Å². The van der Waals surface area contributed by atoms with Crippen LogP contribution < -0.4 is 5.32 Å². The van der Waals surface area contributed by atoms with Crippen molar-refractivity contribution in [1.29, 1.82) is 0 Å². The zero-order valence-electron chi connectivity index (χ0n) is 7.63. The Morgan fingerprint density at radius 1 is 1.46 bits per heavy atom. The highest BCUT2D eigenvalue weighted by atomic mass is 16.1. The lowest BCUT2D eigenvalue weighted by Crippen LogP contribution is -2.08. The molecule has 1 N–H and O–H groups in total. The van der Waals surface area contributed by atoms with Crippen LogP contribution in [-0.2, 0) is 17.6 Å². The third-order valence-electron chi connectivity index (χ3n) is 2.23. The van der Waals surface area contributed by atoms with E-state index >= 15 is 0 Å². The maximum atomic E-state index is 10.8. The first-order valence-electron chi connectivity index (χ1n) is 4.52. The van der Waals surface area contributed by atoms with Crippen molar-refractivity contribution in [2.75, 3.05) is 5.32 Å².